The van der Waals surface area contributed by atoms with Crippen molar-refractivity contribution in [2.24, 2.45) is 11.8 Å². The van der Waals surface area contributed by atoms with Gasteiger partial charge in [0.05, 0.1) is 11.7 Å². The Labute approximate surface area is 172 Å². The molecule has 1 aromatic heterocycles. The summed E-state index contributed by atoms with van der Waals surface area (Å²) in [5.41, 5.74) is 1.18. The first-order valence-corrected chi connectivity index (χ1v) is 10.7. The molecule has 2 aromatic rings. The molecule has 3 rings (SSSR count). The maximum atomic E-state index is 14.1. The van der Waals surface area contributed by atoms with E-state index < -0.39 is 6.10 Å². The molecule has 158 valence electrons. The third-order valence-corrected chi connectivity index (χ3v) is 5.98. The van der Waals surface area contributed by atoms with Gasteiger partial charge < -0.3 is 15.5 Å². The van der Waals surface area contributed by atoms with Crippen LogP contribution >= 0.6 is 0 Å². The fourth-order valence-electron chi connectivity index (χ4n) is 4.34. The summed E-state index contributed by atoms with van der Waals surface area (Å²) >= 11 is 0. The summed E-state index contributed by atoms with van der Waals surface area (Å²) in [4.78, 5) is 8.81. The van der Waals surface area contributed by atoms with E-state index in [1.54, 1.807) is 24.4 Å². The highest BCUT2D eigenvalue weighted by Crippen LogP contribution is 2.35. The Morgan fingerprint density at radius 2 is 1.97 bits per heavy atom. The van der Waals surface area contributed by atoms with Crippen LogP contribution in [0.5, 0.6) is 0 Å². The van der Waals surface area contributed by atoms with Gasteiger partial charge in [0.15, 0.2) is 5.82 Å². The predicted octanol–water partition coefficient (Wildman–Crippen LogP) is 3.35. The van der Waals surface area contributed by atoms with Crippen molar-refractivity contribution in [2.75, 3.05) is 13.2 Å². The van der Waals surface area contributed by atoms with Gasteiger partial charge in [0, 0.05) is 30.5 Å². The number of nitrogens with zero attached hydrogens (tertiary/aromatic N) is 2. The first-order valence-electron chi connectivity index (χ1n) is 10.7. The molecular weight excluding hydrogens is 369 g/mol. The average Bonchev–Trinajstić information content (AvgIpc) is 3.02. The highest BCUT2D eigenvalue weighted by molar-refractivity contribution is 5.55. The lowest BCUT2D eigenvalue weighted by Gasteiger charge is -2.25. The molecule has 1 saturated carbocycles. The average molecular weight is 402 g/mol. The molecule has 5 nitrogen and oxygen atoms in total. The van der Waals surface area contributed by atoms with Gasteiger partial charge in [0.25, 0.3) is 0 Å². The van der Waals surface area contributed by atoms with Crippen LogP contribution in [-0.4, -0.2) is 45.5 Å². The number of unbranched alkanes of at least 4 members (excludes halogenated alkanes) is 3. The van der Waals surface area contributed by atoms with Crippen molar-refractivity contribution < 1.29 is 14.6 Å². The number of halogens is 1. The molecule has 0 saturated heterocycles. The van der Waals surface area contributed by atoms with Crippen molar-refractivity contribution in [3.63, 3.8) is 0 Å². The van der Waals surface area contributed by atoms with E-state index in [1.165, 1.54) is 25.3 Å². The van der Waals surface area contributed by atoms with Crippen LogP contribution in [0.2, 0.25) is 0 Å². The number of hydrogen-bond acceptors (Lipinski definition) is 5. The molecule has 1 fully saturated rings. The third-order valence-electron chi connectivity index (χ3n) is 5.98. The van der Waals surface area contributed by atoms with E-state index >= 15 is 0 Å². The summed E-state index contributed by atoms with van der Waals surface area (Å²) in [5, 5.41) is 23.9. The number of aromatic nitrogens is 2. The van der Waals surface area contributed by atoms with Gasteiger partial charge in [-0.3, -0.25) is 0 Å². The predicted molar refractivity (Wildman–Crippen MR) is 112 cm³/mol. The van der Waals surface area contributed by atoms with E-state index in [9.17, 15) is 14.6 Å². The van der Waals surface area contributed by atoms with Crippen molar-refractivity contribution in [3.05, 3.63) is 48.0 Å². The van der Waals surface area contributed by atoms with Crippen LogP contribution in [0.3, 0.4) is 0 Å². The van der Waals surface area contributed by atoms with Crippen LogP contribution in [0.4, 0.5) is 4.39 Å². The molecule has 0 radical (unpaired) electrons. The molecule has 1 heterocycles. The summed E-state index contributed by atoms with van der Waals surface area (Å²) in [6.07, 6.45) is 7.12. The lowest BCUT2D eigenvalue weighted by atomic mass is 9.88. The second-order valence-corrected chi connectivity index (χ2v) is 7.99. The Morgan fingerprint density at radius 3 is 2.72 bits per heavy atom. The first-order chi connectivity index (χ1) is 14.1. The van der Waals surface area contributed by atoms with Gasteiger partial charge in [-0.15, -0.1) is 0 Å². The lowest BCUT2D eigenvalue weighted by molar-refractivity contribution is 0.0716. The van der Waals surface area contributed by atoms with Crippen molar-refractivity contribution >= 4 is 0 Å². The second kappa shape index (κ2) is 10.8. The quantitative estimate of drug-likeness (QED) is 0.532. The Kier molecular flexibility index (Phi) is 8.09. The number of aliphatic hydroxyl groups is 2. The van der Waals surface area contributed by atoms with Gasteiger partial charge in [0.1, 0.15) is 5.82 Å². The second-order valence-electron chi connectivity index (χ2n) is 7.99. The molecule has 1 aliphatic carbocycles. The van der Waals surface area contributed by atoms with E-state index in [-0.39, 0.29) is 30.3 Å². The Bertz CT molecular complexity index is 773. The van der Waals surface area contributed by atoms with Gasteiger partial charge in [-0.1, -0.05) is 38.3 Å². The number of hydrogen-bond donors (Lipinski definition) is 3. The largest absolute Gasteiger partial charge is 0.396 e. The zero-order valence-corrected chi connectivity index (χ0v) is 17.1. The number of aliphatic hydroxyl groups excluding tert-OH is 2. The maximum Gasteiger partial charge on any atom is 0.162 e. The summed E-state index contributed by atoms with van der Waals surface area (Å²) < 4.78 is 14.1. The van der Waals surface area contributed by atoms with E-state index in [0.29, 0.717) is 24.2 Å². The number of rotatable bonds is 10. The van der Waals surface area contributed by atoms with Crippen LogP contribution in [0.15, 0.2) is 36.5 Å². The Hall–Kier alpha value is -1.89. The summed E-state index contributed by atoms with van der Waals surface area (Å²) in [6, 6.07) is 8.45. The zero-order valence-electron chi connectivity index (χ0n) is 17.1. The van der Waals surface area contributed by atoms with E-state index in [1.807, 2.05) is 6.07 Å². The minimum Gasteiger partial charge on any atom is -0.396 e. The maximum absolute atomic E-state index is 14.1. The van der Waals surface area contributed by atoms with Gasteiger partial charge in [-0.25, -0.2) is 14.4 Å². The van der Waals surface area contributed by atoms with Crippen molar-refractivity contribution in [1.29, 1.82) is 0 Å². The standard InChI is InChI=1S/C23H32FN3O2/c1-2-3-4-7-11-25-21-14-22(29)19(15-28)18(21)13-16-10-12-26-23(27-16)17-8-5-6-9-20(17)24/h5-6,8-10,12,18-19,21-22,25,28-29H,2-4,7,11,13-15H2,1H3. The molecule has 4 unspecified atom stereocenters. The Balaban J connectivity index is 1.71. The molecular formula is C23H32FN3O2. The topological polar surface area (TPSA) is 78.3 Å². The highest BCUT2D eigenvalue weighted by atomic mass is 19.1. The van der Waals surface area contributed by atoms with Crippen LogP contribution in [0.1, 0.15) is 44.7 Å². The van der Waals surface area contributed by atoms with Crippen molar-refractivity contribution in [2.45, 2.75) is 57.6 Å². The minimum absolute atomic E-state index is 0.0505. The zero-order chi connectivity index (χ0) is 20.6. The first kappa shape index (κ1) is 21.8. The van der Waals surface area contributed by atoms with Crippen LogP contribution < -0.4 is 5.32 Å². The number of benzene rings is 1. The molecule has 6 heteroatoms. The van der Waals surface area contributed by atoms with E-state index in [0.717, 1.165) is 18.7 Å². The molecule has 0 spiro atoms. The SMILES string of the molecule is CCCCCCNC1CC(O)C(CO)C1Cc1ccnc(-c2ccccc2F)n1. The van der Waals surface area contributed by atoms with Crippen LogP contribution in [0, 0.1) is 17.7 Å². The molecule has 1 aliphatic rings. The van der Waals surface area contributed by atoms with E-state index in [2.05, 4.69) is 22.2 Å². The normalized spacial score (nSPS) is 24.1. The molecule has 1 aromatic carbocycles. The minimum atomic E-state index is -0.522. The van der Waals surface area contributed by atoms with Gasteiger partial charge >= 0.3 is 0 Å². The summed E-state index contributed by atoms with van der Waals surface area (Å²) in [5.74, 6) is -0.0934. The van der Waals surface area contributed by atoms with Crippen molar-refractivity contribution in [1.82, 2.24) is 15.3 Å². The molecule has 29 heavy (non-hydrogen) atoms. The monoisotopic (exact) mass is 401 g/mol. The molecule has 4 atom stereocenters. The number of nitrogens with one attached hydrogen (secondary N) is 1. The van der Waals surface area contributed by atoms with Crippen LogP contribution in [0.25, 0.3) is 11.4 Å². The molecule has 0 amide bonds. The summed E-state index contributed by atoms with van der Waals surface area (Å²) in [7, 11) is 0. The third kappa shape index (κ3) is 5.59. The van der Waals surface area contributed by atoms with Gasteiger partial charge in [0.2, 0.25) is 0 Å². The van der Waals surface area contributed by atoms with Gasteiger partial charge in [-0.05, 0) is 49.9 Å². The molecule has 3 N–H and O–H groups in total. The Morgan fingerprint density at radius 1 is 1.14 bits per heavy atom. The fraction of sp³-hybridized carbons (Fsp3) is 0.565. The smallest absolute Gasteiger partial charge is 0.162 e. The molecule has 0 bridgehead atoms. The van der Waals surface area contributed by atoms with Crippen LogP contribution in [-0.2, 0) is 6.42 Å². The highest BCUT2D eigenvalue weighted by Gasteiger charge is 2.41. The van der Waals surface area contributed by atoms with Gasteiger partial charge in [-0.2, -0.15) is 0 Å². The lowest BCUT2D eigenvalue weighted by Crippen LogP contribution is -2.37. The molecule has 0 aliphatic heterocycles. The summed E-state index contributed by atoms with van der Waals surface area (Å²) in [6.45, 7) is 3.06. The van der Waals surface area contributed by atoms with Crippen molar-refractivity contribution in [3.8, 4) is 11.4 Å². The van der Waals surface area contributed by atoms with E-state index in [4.69, 9.17) is 0 Å². The fourth-order valence-corrected chi connectivity index (χ4v) is 4.34.